The van der Waals surface area contributed by atoms with Gasteiger partial charge in [0.15, 0.2) is 11.6 Å². The van der Waals surface area contributed by atoms with Crippen LogP contribution >= 0.6 is 0 Å². The lowest BCUT2D eigenvalue weighted by Gasteiger charge is -2.33. The molecule has 1 unspecified atom stereocenters. The van der Waals surface area contributed by atoms with E-state index in [1.807, 2.05) is 0 Å². The van der Waals surface area contributed by atoms with Crippen LogP contribution in [0.3, 0.4) is 0 Å². The smallest absolute Gasteiger partial charge is 0.387 e. The fraction of sp³-hybridized carbons (Fsp3) is 0.652. The molecule has 4 rings (SSSR count). The van der Waals surface area contributed by atoms with Crippen LogP contribution in [0.15, 0.2) is 23.3 Å². The van der Waals surface area contributed by atoms with Gasteiger partial charge in [-0.1, -0.05) is 0 Å². The zero-order chi connectivity index (χ0) is 22.7. The topological polar surface area (TPSA) is 99.0 Å². The third-order valence-electron chi connectivity index (χ3n) is 7.21. The molecule has 9 heteroatoms. The second-order valence-electron chi connectivity index (χ2n) is 9.30. The minimum absolute atomic E-state index is 0.107. The number of nitrogen functional groups attached to an aromatic ring is 1. The predicted octanol–water partition coefficient (Wildman–Crippen LogP) is 3.31. The van der Waals surface area contributed by atoms with E-state index in [1.165, 1.54) is 37.9 Å². The fourth-order valence-electron chi connectivity index (χ4n) is 5.27. The number of nitrogens with zero attached hydrogens (tertiary/aromatic N) is 3. The minimum atomic E-state index is -2.98. The van der Waals surface area contributed by atoms with Crippen LogP contribution in [-0.2, 0) is 4.74 Å². The summed E-state index contributed by atoms with van der Waals surface area (Å²) >= 11 is 0. The van der Waals surface area contributed by atoms with Gasteiger partial charge in [-0.2, -0.15) is 8.78 Å². The molecule has 0 amide bonds. The monoisotopic (exact) mass is 449 g/mol. The third kappa shape index (κ3) is 5.38. The van der Waals surface area contributed by atoms with Crippen LogP contribution in [0.25, 0.3) is 5.70 Å². The highest BCUT2D eigenvalue weighted by Crippen LogP contribution is 2.66. The summed E-state index contributed by atoms with van der Waals surface area (Å²) in [4.78, 5) is 11.1. The molecule has 0 radical (unpaired) electrons. The maximum absolute atomic E-state index is 12.5. The largest absolute Gasteiger partial charge is 0.431 e. The summed E-state index contributed by atoms with van der Waals surface area (Å²) in [6.07, 6.45) is 11.0. The van der Waals surface area contributed by atoms with E-state index >= 15 is 0 Å². The first kappa shape index (κ1) is 22.9. The van der Waals surface area contributed by atoms with E-state index in [-0.39, 0.29) is 17.6 Å². The molecule has 1 aromatic rings. The lowest BCUT2D eigenvalue weighted by atomic mass is 9.93. The van der Waals surface area contributed by atoms with Gasteiger partial charge in [0, 0.05) is 48.8 Å². The van der Waals surface area contributed by atoms with Gasteiger partial charge >= 0.3 is 6.61 Å². The second kappa shape index (κ2) is 9.70. The Morgan fingerprint density at radius 3 is 2.94 bits per heavy atom. The average Bonchev–Trinajstić information content (AvgIpc) is 3.33. The lowest BCUT2D eigenvalue weighted by Crippen LogP contribution is -2.43. The van der Waals surface area contributed by atoms with Gasteiger partial charge in [0.25, 0.3) is 0 Å². The van der Waals surface area contributed by atoms with Gasteiger partial charge in [0.2, 0.25) is 0 Å². The van der Waals surface area contributed by atoms with Crippen molar-refractivity contribution in [2.75, 3.05) is 32.0 Å². The Balaban J connectivity index is 1.26. The van der Waals surface area contributed by atoms with Crippen LogP contribution in [0, 0.1) is 11.3 Å². The van der Waals surface area contributed by atoms with Crippen LogP contribution in [0.1, 0.15) is 44.6 Å². The van der Waals surface area contributed by atoms with Crippen molar-refractivity contribution in [2.24, 2.45) is 22.1 Å². The highest BCUT2D eigenvalue weighted by Gasteiger charge is 2.60. The Morgan fingerprint density at radius 1 is 1.41 bits per heavy atom. The summed E-state index contributed by atoms with van der Waals surface area (Å²) in [5, 5.41) is 0. The molecule has 1 saturated heterocycles. The molecule has 1 aliphatic heterocycles. The van der Waals surface area contributed by atoms with Crippen molar-refractivity contribution in [1.82, 2.24) is 9.88 Å². The maximum Gasteiger partial charge on any atom is 0.387 e. The molecule has 3 aliphatic rings. The summed E-state index contributed by atoms with van der Waals surface area (Å²) in [7, 11) is 0. The van der Waals surface area contributed by atoms with E-state index in [4.69, 9.17) is 16.2 Å². The SMILES string of the molecule is CC(CC[C@]12C[C@@H](N3CCOCC3)C[C@H]1C2)N=CC=C(N)c1cnc(N)c(OC(F)F)c1. The van der Waals surface area contributed by atoms with Crippen LogP contribution in [0.4, 0.5) is 14.6 Å². The van der Waals surface area contributed by atoms with Crippen LogP contribution in [0.5, 0.6) is 5.75 Å². The Labute approximate surface area is 187 Å². The summed E-state index contributed by atoms with van der Waals surface area (Å²) in [6.45, 7) is 3.01. The number of nitrogens with two attached hydrogens (primary N) is 2. The van der Waals surface area contributed by atoms with Crippen molar-refractivity contribution in [2.45, 2.75) is 57.7 Å². The zero-order valence-electron chi connectivity index (χ0n) is 18.6. The Hall–Kier alpha value is -2.26. The molecular weight excluding hydrogens is 416 g/mol. The molecule has 4 N–H and O–H groups in total. The summed E-state index contributed by atoms with van der Waals surface area (Å²) < 4.78 is 34.8. The summed E-state index contributed by atoms with van der Waals surface area (Å²) in [5.41, 5.74) is 13.0. The number of allylic oxidation sites excluding steroid dienone is 1. The van der Waals surface area contributed by atoms with Crippen LogP contribution < -0.4 is 16.2 Å². The number of hydrogen-bond donors (Lipinski definition) is 2. The van der Waals surface area contributed by atoms with Gasteiger partial charge < -0.3 is 20.9 Å². The molecule has 176 valence electrons. The van der Waals surface area contributed by atoms with E-state index in [9.17, 15) is 8.78 Å². The van der Waals surface area contributed by atoms with E-state index < -0.39 is 6.61 Å². The number of anilines is 1. The summed E-state index contributed by atoms with van der Waals surface area (Å²) in [5.74, 6) is 0.582. The number of alkyl halides is 2. The molecule has 2 saturated carbocycles. The van der Waals surface area contributed by atoms with E-state index in [2.05, 4.69) is 26.5 Å². The second-order valence-corrected chi connectivity index (χ2v) is 9.30. The van der Waals surface area contributed by atoms with Gasteiger partial charge in [0.05, 0.1) is 13.2 Å². The van der Waals surface area contributed by atoms with Gasteiger partial charge in [-0.05, 0) is 62.5 Å². The van der Waals surface area contributed by atoms with Crippen molar-refractivity contribution < 1.29 is 18.3 Å². The van der Waals surface area contributed by atoms with E-state index in [0.29, 0.717) is 16.7 Å². The highest BCUT2D eigenvalue weighted by atomic mass is 19.3. The first-order valence-electron chi connectivity index (χ1n) is 11.4. The molecular formula is C23H33F2N5O2. The Kier molecular flexibility index (Phi) is 6.95. The summed E-state index contributed by atoms with van der Waals surface area (Å²) in [6, 6.07) is 2.28. The van der Waals surface area contributed by atoms with Crippen molar-refractivity contribution >= 4 is 17.7 Å². The molecule has 2 aliphatic carbocycles. The van der Waals surface area contributed by atoms with Gasteiger partial charge in [0.1, 0.15) is 0 Å². The quantitative estimate of drug-likeness (QED) is 0.561. The minimum Gasteiger partial charge on any atom is -0.431 e. The molecule has 4 atom stereocenters. The number of halogens is 2. The molecule has 2 heterocycles. The van der Waals surface area contributed by atoms with Crippen molar-refractivity contribution in [3.8, 4) is 5.75 Å². The fourth-order valence-corrected chi connectivity index (χ4v) is 5.27. The molecule has 32 heavy (non-hydrogen) atoms. The Morgan fingerprint density at radius 2 is 2.19 bits per heavy atom. The third-order valence-corrected chi connectivity index (χ3v) is 7.21. The average molecular weight is 450 g/mol. The van der Waals surface area contributed by atoms with E-state index in [0.717, 1.165) is 44.7 Å². The molecule has 1 aromatic heterocycles. The number of pyridine rings is 1. The standard InChI is InChI=1S/C23H33F2N5O2/c1-15(2-4-23-12-17(23)11-18(13-23)30-6-8-31-9-7-30)28-5-3-19(26)16-10-20(32-22(24)25)21(27)29-14-16/h3,5,10,14-15,17-18,22H,2,4,6-9,11-13,26H2,1H3,(H2,27,29)/t15?,17-,18-,23-/m0/s1. The predicted molar refractivity (Wildman–Crippen MR) is 121 cm³/mol. The number of aromatic nitrogens is 1. The zero-order valence-corrected chi connectivity index (χ0v) is 18.6. The van der Waals surface area contributed by atoms with E-state index in [1.54, 1.807) is 12.3 Å². The number of morpholine rings is 1. The van der Waals surface area contributed by atoms with Gasteiger partial charge in [-0.25, -0.2) is 4.98 Å². The molecule has 0 bridgehead atoms. The number of fused-ring (bicyclic) bond motifs is 1. The van der Waals surface area contributed by atoms with Gasteiger partial charge in [-0.15, -0.1) is 0 Å². The number of aliphatic imine (C=N–C) groups is 1. The van der Waals surface area contributed by atoms with Crippen molar-refractivity contribution in [1.29, 1.82) is 0 Å². The molecule has 0 spiro atoms. The normalized spacial score (nSPS) is 29.4. The molecule has 7 nitrogen and oxygen atoms in total. The first-order valence-corrected chi connectivity index (χ1v) is 11.4. The number of ether oxygens (including phenoxy) is 2. The maximum atomic E-state index is 12.5. The lowest BCUT2D eigenvalue weighted by molar-refractivity contribution is -0.0495. The molecule has 3 fully saturated rings. The van der Waals surface area contributed by atoms with Crippen molar-refractivity contribution in [3.63, 3.8) is 0 Å². The van der Waals surface area contributed by atoms with Crippen LogP contribution in [-0.4, -0.2) is 61.1 Å². The number of hydrogen-bond acceptors (Lipinski definition) is 7. The highest BCUT2D eigenvalue weighted by molar-refractivity contribution is 5.83. The van der Waals surface area contributed by atoms with Crippen LogP contribution in [0.2, 0.25) is 0 Å². The van der Waals surface area contributed by atoms with Crippen molar-refractivity contribution in [3.05, 3.63) is 23.9 Å². The van der Waals surface area contributed by atoms with Gasteiger partial charge in [-0.3, -0.25) is 9.89 Å². The number of rotatable bonds is 9. The first-order chi connectivity index (χ1) is 15.4. The Bertz CT molecular complexity index is 859. The molecule has 0 aromatic carbocycles.